The van der Waals surface area contributed by atoms with E-state index in [9.17, 15) is 9.59 Å². The summed E-state index contributed by atoms with van der Waals surface area (Å²) in [5.41, 5.74) is 1.95. The number of carbonyl (C=O) groups is 2. The van der Waals surface area contributed by atoms with Crippen LogP contribution in [0, 0.1) is 0 Å². The molecule has 3 aromatic carbocycles. The monoisotopic (exact) mass is 516 g/mol. The van der Waals surface area contributed by atoms with E-state index in [1.54, 1.807) is 17.8 Å². The van der Waals surface area contributed by atoms with Crippen molar-refractivity contribution in [2.24, 2.45) is 0 Å². The number of anilines is 1. The van der Waals surface area contributed by atoms with Crippen LogP contribution in [0.5, 0.6) is 5.75 Å². The SMILES string of the molecule is CCCC(=O)Oc1cccc(Sc2ccc(N(C(=O)NC3CCCCC3)C(C)c3ccccc3)cc2)c1. The molecule has 3 aromatic rings. The van der Waals surface area contributed by atoms with Crippen LogP contribution >= 0.6 is 11.8 Å². The molecule has 0 saturated heterocycles. The van der Waals surface area contributed by atoms with Crippen LogP contribution in [-0.4, -0.2) is 18.0 Å². The van der Waals surface area contributed by atoms with Gasteiger partial charge < -0.3 is 10.1 Å². The maximum Gasteiger partial charge on any atom is 0.322 e. The molecular weight excluding hydrogens is 480 g/mol. The fraction of sp³-hybridized carbons (Fsp3) is 0.355. The quantitative estimate of drug-likeness (QED) is 0.230. The highest BCUT2D eigenvalue weighted by molar-refractivity contribution is 7.99. The average molecular weight is 517 g/mol. The summed E-state index contributed by atoms with van der Waals surface area (Å²) in [7, 11) is 0. The van der Waals surface area contributed by atoms with Gasteiger partial charge in [0.15, 0.2) is 0 Å². The highest BCUT2D eigenvalue weighted by Crippen LogP contribution is 2.33. The van der Waals surface area contributed by atoms with Gasteiger partial charge in [-0.05, 0) is 74.2 Å². The molecule has 0 radical (unpaired) electrons. The van der Waals surface area contributed by atoms with E-state index in [-0.39, 0.29) is 24.1 Å². The lowest BCUT2D eigenvalue weighted by atomic mass is 9.95. The maximum absolute atomic E-state index is 13.5. The van der Waals surface area contributed by atoms with E-state index in [2.05, 4.69) is 24.4 Å². The number of hydrogen-bond acceptors (Lipinski definition) is 4. The van der Waals surface area contributed by atoms with E-state index in [0.717, 1.165) is 40.3 Å². The minimum atomic E-state index is -0.215. The Balaban J connectivity index is 1.50. The lowest BCUT2D eigenvalue weighted by molar-refractivity contribution is -0.134. The molecule has 1 aliphatic carbocycles. The van der Waals surface area contributed by atoms with Crippen molar-refractivity contribution in [3.05, 3.63) is 84.4 Å². The summed E-state index contributed by atoms with van der Waals surface area (Å²) < 4.78 is 5.44. The molecule has 0 bridgehead atoms. The predicted molar refractivity (Wildman–Crippen MR) is 150 cm³/mol. The largest absolute Gasteiger partial charge is 0.426 e. The molecule has 37 heavy (non-hydrogen) atoms. The highest BCUT2D eigenvalue weighted by atomic mass is 32.2. The van der Waals surface area contributed by atoms with Crippen molar-refractivity contribution in [1.82, 2.24) is 5.32 Å². The first-order valence-electron chi connectivity index (χ1n) is 13.3. The predicted octanol–water partition coefficient (Wildman–Crippen LogP) is 8.15. The summed E-state index contributed by atoms with van der Waals surface area (Å²) in [6.07, 6.45) is 6.85. The molecule has 2 amide bonds. The van der Waals surface area contributed by atoms with Crippen LogP contribution in [0.2, 0.25) is 0 Å². The van der Waals surface area contributed by atoms with Gasteiger partial charge in [-0.15, -0.1) is 0 Å². The highest BCUT2D eigenvalue weighted by Gasteiger charge is 2.26. The van der Waals surface area contributed by atoms with Gasteiger partial charge in [-0.3, -0.25) is 9.69 Å². The number of ether oxygens (including phenoxy) is 1. The van der Waals surface area contributed by atoms with Crippen LogP contribution in [0.15, 0.2) is 88.7 Å². The smallest absolute Gasteiger partial charge is 0.322 e. The first kappa shape index (κ1) is 26.8. The van der Waals surface area contributed by atoms with Crippen molar-refractivity contribution in [2.75, 3.05) is 4.90 Å². The molecule has 1 aliphatic rings. The van der Waals surface area contributed by atoms with E-state index in [4.69, 9.17) is 4.74 Å². The molecular formula is C31H36N2O3S. The van der Waals surface area contributed by atoms with Gasteiger partial charge in [0, 0.05) is 27.9 Å². The number of hydrogen-bond donors (Lipinski definition) is 1. The fourth-order valence-electron chi connectivity index (χ4n) is 4.69. The molecule has 4 rings (SSSR count). The molecule has 0 aromatic heterocycles. The van der Waals surface area contributed by atoms with E-state index in [0.29, 0.717) is 12.2 Å². The van der Waals surface area contributed by atoms with Gasteiger partial charge >= 0.3 is 12.0 Å². The summed E-state index contributed by atoms with van der Waals surface area (Å²) >= 11 is 1.59. The minimum Gasteiger partial charge on any atom is -0.426 e. The van der Waals surface area contributed by atoms with Crippen molar-refractivity contribution in [2.45, 2.75) is 80.7 Å². The maximum atomic E-state index is 13.5. The number of amides is 2. The summed E-state index contributed by atoms with van der Waals surface area (Å²) in [5.74, 6) is 0.343. The zero-order valence-corrected chi connectivity index (χ0v) is 22.5. The van der Waals surface area contributed by atoms with E-state index in [1.807, 2.05) is 72.5 Å². The van der Waals surface area contributed by atoms with Crippen LogP contribution in [0.4, 0.5) is 10.5 Å². The van der Waals surface area contributed by atoms with E-state index in [1.165, 1.54) is 19.3 Å². The molecule has 6 heteroatoms. The van der Waals surface area contributed by atoms with Crippen molar-refractivity contribution >= 4 is 29.4 Å². The third-order valence-corrected chi connectivity index (χ3v) is 7.66. The van der Waals surface area contributed by atoms with Gasteiger partial charge in [0.1, 0.15) is 5.75 Å². The lowest BCUT2D eigenvalue weighted by Gasteiger charge is -2.33. The second-order valence-corrected chi connectivity index (χ2v) is 10.7. The Kier molecular flexibility index (Phi) is 9.66. The van der Waals surface area contributed by atoms with Crippen molar-refractivity contribution < 1.29 is 14.3 Å². The molecule has 1 saturated carbocycles. The van der Waals surface area contributed by atoms with E-state index < -0.39 is 0 Å². The Labute approximate surface area is 224 Å². The molecule has 0 spiro atoms. The summed E-state index contributed by atoms with van der Waals surface area (Å²) in [6, 6.07) is 25.9. The zero-order valence-electron chi connectivity index (χ0n) is 21.7. The van der Waals surface area contributed by atoms with Crippen LogP contribution in [0.25, 0.3) is 0 Å². The molecule has 194 valence electrons. The third kappa shape index (κ3) is 7.62. The number of rotatable bonds is 9. The van der Waals surface area contributed by atoms with Gasteiger partial charge in [-0.2, -0.15) is 0 Å². The second-order valence-electron chi connectivity index (χ2n) is 9.54. The molecule has 5 nitrogen and oxygen atoms in total. The zero-order chi connectivity index (χ0) is 26.0. The number of urea groups is 1. The van der Waals surface area contributed by atoms with Gasteiger partial charge in [-0.1, -0.05) is 74.3 Å². The topological polar surface area (TPSA) is 58.6 Å². The summed E-state index contributed by atoms with van der Waals surface area (Å²) in [5, 5.41) is 3.29. The van der Waals surface area contributed by atoms with Crippen molar-refractivity contribution in [3.8, 4) is 5.75 Å². The van der Waals surface area contributed by atoms with E-state index >= 15 is 0 Å². The van der Waals surface area contributed by atoms with Crippen molar-refractivity contribution in [1.29, 1.82) is 0 Å². The molecule has 1 fully saturated rings. The normalized spacial score (nSPS) is 14.5. The van der Waals surface area contributed by atoms with Crippen LogP contribution in [0.1, 0.15) is 70.4 Å². The first-order chi connectivity index (χ1) is 18.0. The lowest BCUT2D eigenvalue weighted by Crippen LogP contribution is -2.46. The Hall–Kier alpha value is -3.25. The molecule has 0 aliphatic heterocycles. The minimum absolute atomic E-state index is 0.0507. The Bertz CT molecular complexity index is 1160. The average Bonchev–Trinajstić information content (AvgIpc) is 2.91. The molecule has 0 heterocycles. The molecule has 1 atom stereocenters. The number of nitrogens with zero attached hydrogens (tertiary/aromatic N) is 1. The molecule has 1 N–H and O–H groups in total. The Morgan fingerprint density at radius 3 is 2.38 bits per heavy atom. The number of benzene rings is 3. The number of nitrogens with one attached hydrogen (secondary N) is 1. The van der Waals surface area contributed by atoms with Crippen molar-refractivity contribution in [3.63, 3.8) is 0 Å². The van der Waals surface area contributed by atoms with Crippen LogP contribution in [-0.2, 0) is 4.79 Å². The number of carbonyl (C=O) groups excluding carboxylic acids is 2. The Morgan fingerprint density at radius 2 is 1.68 bits per heavy atom. The third-order valence-electron chi connectivity index (χ3n) is 6.66. The summed E-state index contributed by atoms with van der Waals surface area (Å²) in [4.78, 5) is 29.3. The standard InChI is InChI=1S/C31H36N2O3S/c1-3-11-30(34)36-27-16-10-17-29(22-27)37-28-20-18-26(19-21-28)33(23(2)24-12-6-4-7-13-24)31(35)32-25-14-8-5-9-15-25/h4,6-7,10,12-13,16-23,25H,3,5,8-9,11,14-15H2,1-2H3,(H,32,35). The van der Waals surface area contributed by atoms with Gasteiger partial charge in [0.05, 0.1) is 6.04 Å². The first-order valence-corrected chi connectivity index (χ1v) is 14.1. The van der Waals surface area contributed by atoms with Gasteiger partial charge in [-0.25, -0.2) is 4.79 Å². The van der Waals surface area contributed by atoms with Gasteiger partial charge in [0.25, 0.3) is 0 Å². The van der Waals surface area contributed by atoms with Crippen LogP contribution in [0.3, 0.4) is 0 Å². The molecule has 1 unspecified atom stereocenters. The Morgan fingerprint density at radius 1 is 0.946 bits per heavy atom. The fourth-order valence-corrected chi connectivity index (χ4v) is 5.55. The summed E-state index contributed by atoms with van der Waals surface area (Å²) in [6.45, 7) is 4.03. The number of esters is 1. The second kappa shape index (κ2) is 13.3. The van der Waals surface area contributed by atoms with Gasteiger partial charge in [0.2, 0.25) is 0 Å². The van der Waals surface area contributed by atoms with Crippen LogP contribution < -0.4 is 15.0 Å².